The molecular weight excluding hydrogens is 289 g/mol. The summed E-state index contributed by atoms with van der Waals surface area (Å²) < 4.78 is 25.0. The predicted molar refractivity (Wildman–Crippen MR) is 55.8 cm³/mol. The average Bonchev–Trinajstić information content (AvgIpc) is 2.20. The summed E-state index contributed by atoms with van der Waals surface area (Å²) in [6.07, 6.45) is -2.54. The summed E-state index contributed by atoms with van der Waals surface area (Å²) in [5.41, 5.74) is 0.742. The SMILES string of the molecule is N#CCc1c(CCl)cc(C(F)F)nc1Br. The zero-order chi connectivity index (χ0) is 11.4. The molecule has 0 N–H and O–H groups in total. The minimum atomic E-state index is -2.64. The molecule has 0 spiro atoms. The summed E-state index contributed by atoms with van der Waals surface area (Å²) in [7, 11) is 0. The van der Waals surface area contributed by atoms with Crippen molar-refractivity contribution in [1.82, 2.24) is 4.98 Å². The van der Waals surface area contributed by atoms with Crippen LogP contribution < -0.4 is 0 Å². The van der Waals surface area contributed by atoms with Crippen molar-refractivity contribution in [1.29, 1.82) is 5.26 Å². The van der Waals surface area contributed by atoms with Crippen molar-refractivity contribution in [3.8, 4) is 6.07 Å². The van der Waals surface area contributed by atoms with Gasteiger partial charge in [-0.1, -0.05) is 0 Å². The first-order valence-corrected chi connectivity index (χ1v) is 5.32. The molecule has 0 aliphatic heterocycles. The van der Waals surface area contributed by atoms with Crippen LogP contribution in [0.5, 0.6) is 0 Å². The normalized spacial score (nSPS) is 10.4. The molecule has 0 aromatic carbocycles. The van der Waals surface area contributed by atoms with Gasteiger partial charge in [0.15, 0.2) is 0 Å². The van der Waals surface area contributed by atoms with Crippen LogP contribution in [0.15, 0.2) is 10.7 Å². The smallest absolute Gasteiger partial charge is 0.240 e. The van der Waals surface area contributed by atoms with Crippen molar-refractivity contribution in [2.45, 2.75) is 18.7 Å². The number of pyridine rings is 1. The molecule has 0 saturated heterocycles. The Morgan fingerprint density at radius 3 is 2.73 bits per heavy atom. The summed E-state index contributed by atoms with van der Waals surface area (Å²) >= 11 is 8.67. The molecule has 2 nitrogen and oxygen atoms in total. The maximum atomic E-state index is 12.4. The first-order chi connectivity index (χ1) is 7.10. The molecule has 1 rings (SSSR count). The van der Waals surface area contributed by atoms with E-state index >= 15 is 0 Å². The van der Waals surface area contributed by atoms with Crippen molar-refractivity contribution >= 4 is 27.5 Å². The Morgan fingerprint density at radius 2 is 2.27 bits per heavy atom. The van der Waals surface area contributed by atoms with Crippen molar-refractivity contribution in [2.75, 3.05) is 0 Å². The molecule has 15 heavy (non-hydrogen) atoms. The van der Waals surface area contributed by atoms with E-state index in [0.717, 1.165) is 0 Å². The molecule has 0 unspecified atom stereocenters. The number of halogens is 4. The Morgan fingerprint density at radius 1 is 1.60 bits per heavy atom. The van der Waals surface area contributed by atoms with E-state index in [4.69, 9.17) is 16.9 Å². The van der Waals surface area contributed by atoms with Crippen LogP contribution in [0.2, 0.25) is 0 Å². The monoisotopic (exact) mass is 294 g/mol. The van der Waals surface area contributed by atoms with Gasteiger partial charge in [-0.15, -0.1) is 11.6 Å². The zero-order valence-corrected chi connectivity index (χ0v) is 9.82. The number of rotatable bonds is 3. The molecule has 0 saturated carbocycles. The molecule has 1 aromatic heterocycles. The Balaban J connectivity index is 3.25. The summed E-state index contributed by atoms with van der Waals surface area (Å²) in [5, 5.41) is 8.55. The highest BCUT2D eigenvalue weighted by Crippen LogP contribution is 2.26. The van der Waals surface area contributed by atoms with E-state index in [9.17, 15) is 8.78 Å². The fraction of sp³-hybridized carbons (Fsp3) is 0.333. The van der Waals surface area contributed by atoms with Gasteiger partial charge in [0.1, 0.15) is 10.3 Å². The van der Waals surface area contributed by atoms with Gasteiger partial charge in [-0.25, -0.2) is 13.8 Å². The van der Waals surface area contributed by atoms with Crippen LogP contribution in [0, 0.1) is 11.3 Å². The average molecular weight is 296 g/mol. The molecule has 6 heteroatoms. The number of aromatic nitrogens is 1. The number of hydrogen-bond acceptors (Lipinski definition) is 2. The standard InChI is InChI=1S/C9H6BrClF2N2/c10-8-6(1-2-14)5(4-11)3-7(15-8)9(12)13/h3,9H,1,4H2. The fourth-order valence-electron chi connectivity index (χ4n) is 1.11. The van der Waals surface area contributed by atoms with Crippen LogP contribution in [0.1, 0.15) is 23.2 Å². The van der Waals surface area contributed by atoms with Crippen LogP contribution in [-0.4, -0.2) is 4.98 Å². The summed E-state index contributed by atoms with van der Waals surface area (Å²) in [6, 6.07) is 3.16. The molecule has 1 heterocycles. The Labute approximate surface area is 99.0 Å². The van der Waals surface area contributed by atoms with Crippen LogP contribution in [0.4, 0.5) is 8.78 Å². The van der Waals surface area contributed by atoms with Crippen molar-refractivity contribution < 1.29 is 8.78 Å². The Kier molecular flexibility index (Phi) is 4.43. The molecule has 80 valence electrons. The first-order valence-electron chi connectivity index (χ1n) is 3.99. The van der Waals surface area contributed by atoms with E-state index in [-0.39, 0.29) is 22.6 Å². The number of alkyl halides is 3. The third kappa shape index (κ3) is 2.86. The molecule has 0 radical (unpaired) electrons. The van der Waals surface area contributed by atoms with Crippen LogP contribution in [-0.2, 0) is 12.3 Å². The van der Waals surface area contributed by atoms with Gasteiger partial charge in [0.2, 0.25) is 0 Å². The number of nitriles is 1. The van der Waals surface area contributed by atoms with Gasteiger partial charge in [-0.05, 0) is 27.6 Å². The molecule has 0 amide bonds. The molecule has 0 aliphatic rings. The second-order valence-corrected chi connectivity index (χ2v) is 3.76. The Bertz CT molecular complexity index is 404. The number of hydrogen-bond donors (Lipinski definition) is 0. The van der Waals surface area contributed by atoms with Crippen LogP contribution >= 0.6 is 27.5 Å². The highest BCUT2D eigenvalue weighted by molar-refractivity contribution is 9.10. The number of nitrogens with zero attached hydrogens (tertiary/aromatic N) is 2. The fourth-order valence-corrected chi connectivity index (χ4v) is 1.95. The predicted octanol–water partition coefficient (Wildman–Crippen LogP) is 3.59. The summed E-state index contributed by atoms with van der Waals surface area (Å²) in [6.45, 7) is 0. The van der Waals surface area contributed by atoms with Gasteiger partial charge in [0.25, 0.3) is 6.43 Å². The lowest BCUT2D eigenvalue weighted by Gasteiger charge is -2.08. The topological polar surface area (TPSA) is 36.7 Å². The van der Waals surface area contributed by atoms with E-state index in [1.54, 1.807) is 0 Å². The van der Waals surface area contributed by atoms with E-state index in [2.05, 4.69) is 20.9 Å². The van der Waals surface area contributed by atoms with E-state index in [0.29, 0.717) is 11.1 Å². The van der Waals surface area contributed by atoms with Gasteiger partial charge in [-0.3, -0.25) is 0 Å². The zero-order valence-electron chi connectivity index (χ0n) is 7.48. The molecule has 0 aliphatic carbocycles. The quantitative estimate of drug-likeness (QED) is 0.631. The highest BCUT2D eigenvalue weighted by Gasteiger charge is 2.15. The molecule has 0 fully saturated rings. The van der Waals surface area contributed by atoms with Gasteiger partial charge >= 0.3 is 0 Å². The van der Waals surface area contributed by atoms with Crippen molar-refractivity contribution in [2.24, 2.45) is 0 Å². The van der Waals surface area contributed by atoms with E-state index in [1.807, 2.05) is 6.07 Å². The highest BCUT2D eigenvalue weighted by atomic mass is 79.9. The molecule has 0 atom stereocenters. The third-order valence-electron chi connectivity index (χ3n) is 1.81. The molecule has 1 aromatic rings. The lowest BCUT2D eigenvalue weighted by Crippen LogP contribution is -2.00. The second-order valence-electron chi connectivity index (χ2n) is 2.74. The lowest BCUT2D eigenvalue weighted by molar-refractivity contribution is 0.145. The maximum Gasteiger partial charge on any atom is 0.280 e. The summed E-state index contributed by atoms with van der Waals surface area (Å²) in [5.74, 6) is 0.0812. The largest absolute Gasteiger partial charge is 0.280 e. The maximum absolute atomic E-state index is 12.4. The van der Waals surface area contributed by atoms with Gasteiger partial charge in [-0.2, -0.15) is 5.26 Å². The van der Waals surface area contributed by atoms with Gasteiger partial charge in [0.05, 0.1) is 12.5 Å². The second kappa shape index (κ2) is 5.38. The lowest BCUT2D eigenvalue weighted by atomic mass is 10.1. The first kappa shape index (κ1) is 12.3. The minimum Gasteiger partial charge on any atom is -0.240 e. The van der Waals surface area contributed by atoms with Crippen molar-refractivity contribution in [3.05, 3.63) is 27.5 Å². The van der Waals surface area contributed by atoms with Crippen molar-refractivity contribution in [3.63, 3.8) is 0 Å². The summed E-state index contributed by atoms with van der Waals surface area (Å²) in [4.78, 5) is 3.66. The van der Waals surface area contributed by atoms with E-state index in [1.165, 1.54) is 6.07 Å². The van der Waals surface area contributed by atoms with Crippen LogP contribution in [0.25, 0.3) is 0 Å². The van der Waals surface area contributed by atoms with Gasteiger partial charge < -0.3 is 0 Å². The third-order valence-corrected chi connectivity index (χ3v) is 2.75. The van der Waals surface area contributed by atoms with Gasteiger partial charge in [0, 0.05) is 11.4 Å². The minimum absolute atomic E-state index is 0.0812. The Hall–Kier alpha value is -0.730. The van der Waals surface area contributed by atoms with E-state index < -0.39 is 6.43 Å². The molecular formula is C9H6BrClF2N2. The van der Waals surface area contributed by atoms with Crippen LogP contribution in [0.3, 0.4) is 0 Å². The molecule has 0 bridgehead atoms.